The third-order valence-corrected chi connectivity index (χ3v) is 3.82. The first kappa shape index (κ1) is 15.1. The van der Waals surface area contributed by atoms with Crippen molar-refractivity contribution < 1.29 is 0 Å². The molecule has 0 saturated carbocycles. The molecule has 0 aliphatic heterocycles. The van der Waals surface area contributed by atoms with Crippen LogP contribution in [-0.4, -0.2) is 6.54 Å². The highest BCUT2D eigenvalue weighted by molar-refractivity contribution is 6.31. The van der Waals surface area contributed by atoms with Gasteiger partial charge in [-0.2, -0.15) is 0 Å². The number of nitrogens with one attached hydrogen (secondary N) is 1. The van der Waals surface area contributed by atoms with E-state index >= 15 is 0 Å². The summed E-state index contributed by atoms with van der Waals surface area (Å²) in [5.41, 5.74) is 3.80. The lowest BCUT2D eigenvalue weighted by Crippen LogP contribution is -2.22. The van der Waals surface area contributed by atoms with Crippen LogP contribution in [0.1, 0.15) is 43.0 Å². The van der Waals surface area contributed by atoms with Crippen molar-refractivity contribution in [2.45, 2.75) is 32.7 Å². The number of hydrogen-bond acceptors (Lipinski definition) is 1. The van der Waals surface area contributed by atoms with Crippen molar-refractivity contribution in [1.82, 2.24) is 5.32 Å². The SMILES string of the molecule is CCCc1ccc(C(NCC)c2ccccc2Cl)cc1. The van der Waals surface area contributed by atoms with Crippen LogP contribution in [0.15, 0.2) is 48.5 Å². The summed E-state index contributed by atoms with van der Waals surface area (Å²) in [6.07, 6.45) is 2.32. The Morgan fingerprint density at radius 2 is 1.70 bits per heavy atom. The summed E-state index contributed by atoms with van der Waals surface area (Å²) in [5.74, 6) is 0. The largest absolute Gasteiger partial charge is 0.306 e. The van der Waals surface area contributed by atoms with E-state index < -0.39 is 0 Å². The van der Waals surface area contributed by atoms with E-state index in [1.54, 1.807) is 0 Å². The van der Waals surface area contributed by atoms with Crippen molar-refractivity contribution >= 4 is 11.6 Å². The molecule has 20 heavy (non-hydrogen) atoms. The Morgan fingerprint density at radius 1 is 1.00 bits per heavy atom. The van der Waals surface area contributed by atoms with E-state index in [0.29, 0.717) is 0 Å². The molecule has 2 aromatic rings. The van der Waals surface area contributed by atoms with Crippen molar-refractivity contribution in [1.29, 1.82) is 0 Å². The van der Waals surface area contributed by atoms with E-state index in [4.69, 9.17) is 11.6 Å². The molecule has 0 amide bonds. The Hall–Kier alpha value is -1.31. The average Bonchev–Trinajstić information content (AvgIpc) is 2.47. The lowest BCUT2D eigenvalue weighted by Gasteiger charge is -2.20. The van der Waals surface area contributed by atoms with Crippen molar-refractivity contribution in [2.24, 2.45) is 0 Å². The van der Waals surface area contributed by atoms with Gasteiger partial charge in [0.2, 0.25) is 0 Å². The van der Waals surface area contributed by atoms with Crippen LogP contribution in [0.3, 0.4) is 0 Å². The average molecular weight is 288 g/mol. The minimum Gasteiger partial charge on any atom is -0.306 e. The van der Waals surface area contributed by atoms with Crippen LogP contribution < -0.4 is 5.32 Å². The normalized spacial score (nSPS) is 12.3. The fraction of sp³-hybridized carbons (Fsp3) is 0.333. The minimum absolute atomic E-state index is 0.157. The predicted octanol–water partition coefficient (Wildman–Crippen LogP) is 4.99. The van der Waals surface area contributed by atoms with E-state index in [1.165, 1.54) is 17.5 Å². The fourth-order valence-electron chi connectivity index (χ4n) is 2.49. The van der Waals surface area contributed by atoms with Gasteiger partial charge in [0.05, 0.1) is 6.04 Å². The monoisotopic (exact) mass is 287 g/mol. The summed E-state index contributed by atoms with van der Waals surface area (Å²) in [6, 6.07) is 17.1. The first-order chi connectivity index (χ1) is 9.76. The summed E-state index contributed by atoms with van der Waals surface area (Å²) in [5, 5.41) is 4.34. The Labute approximate surface area is 127 Å². The molecular formula is C18H22ClN. The maximum Gasteiger partial charge on any atom is 0.0591 e. The Balaban J connectivity index is 2.31. The van der Waals surface area contributed by atoms with Crippen molar-refractivity contribution in [3.8, 4) is 0 Å². The highest BCUT2D eigenvalue weighted by Gasteiger charge is 2.15. The molecule has 0 radical (unpaired) electrons. The zero-order valence-corrected chi connectivity index (χ0v) is 13.0. The van der Waals surface area contributed by atoms with Gasteiger partial charge < -0.3 is 5.32 Å². The molecule has 0 spiro atoms. The molecule has 0 aliphatic carbocycles. The Kier molecular flexibility index (Phi) is 5.63. The molecule has 1 atom stereocenters. The first-order valence-electron chi connectivity index (χ1n) is 7.33. The molecule has 0 heterocycles. The predicted molar refractivity (Wildman–Crippen MR) is 87.4 cm³/mol. The quantitative estimate of drug-likeness (QED) is 0.789. The number of rotatable bonds is 6. The van der Waals surface area contributed by atoms with Crippen LogP contribution in [0, 0.1) is 0 Å². The zero-order chi connectivity index (χ0) is 14.4. The fourth-order valence-corrected chi connectivity index (χ4v) is 2.73. The lowest BCUT2D eigenvalue weighted by atomic mass is 9.97. The first-order valence-corrected chi connectivity index (χ1v) is 7.70. The Bertz CT molecular complexity index is 533. The van der Waals surface area contributed by atoms with Crippen molar-refractivity contribution in [3.63, 3.8) is 0 Å². The molecule has 106 valence electrons. The molecule has 0 fully saturated rings. The third-order valence-electron chi connectivity index (χ3n) is 3.48. The van der Waals surface area contributed by atoms with Gasteiger partial charge in [0.25, 0.3) is 0 Å². The van der Waals surface area contributed by atoms with Crippen LogP contribution in [-0.2, 0) is 6.42 Å². The van der Waals surface area contributed by atoms with Gasteiger partial charge in [-0.15, -0.1) is 0 Å². The van der Waals surface area contributed by atoms with Crippen LogP contribution in [0.5, 0.6) is 0 Å². The van der Waals surface area contributed by atoms with E-state index in [2.05, 4.69) is 49.5 Å². The molecule has 2 heteroatoms. The maximum absolute atomic E-state index is 6.35. The summed E-state index contributed by atoms with van der Waals surface area (Å²) in [7, 11) is 0. The molecule has 0 aliphatic rings. The summed E-state index contributed by atoms with van der Waals surface area (Å²) in [4.78, 5) is 0. The number of benzene rings is 2. The summed E-state index contributed by atoms with van der Waals surface area (Å²) >= 11 is 6.35. The van der Waals surface area contributed by atoms with E-state index in [-0.39, 0.29) is 6.04 Å². The molecule has 2 rings (SSSR count). The van der Waals surface area contributed by atoms with Gasteiger partial charge in [-0.25, -0.2) is 0 Å². The van der Waals surface area contributed by atoms with E-state index in [1.807, 2.05) is 18.2 Å². The number of hydrogen-bond donors (Lipinski definition) is 1. The van der Waals surface area contributed by atoms with Crippen LogP contribution >= 0.6 is 11.6 Å². The lowest BCUT2D eigenvalue weighted by molar-refractivity contribution is 0.630. The number of aryl methyl sites for hydroxylation is 1. The van der Waals surface area contributed by atoms with Gasteiger partial charge >= 0.3 is 0 Å². The maximum atomic E-state index is 6.35. The van der Waals surface area contributed by atoms with E-state index in [9.17, 15) is 0 Å². The standard InChI is InChI=1S/C18H22ClN/c1-3-7-14-10-12-15(13-11-14)18(20-4-2)16-8-5-6-9-17(16)19/h5-6,8-13,18,20H,3-4,7H2,1-2H3. The molecular weight excluding hydrogens is 266 g/mol. The second-order valence-electron chi connectivity index (χ2n) is 5.00. The molecule has 2 aromatic carbocycles. The molecule has 1 nitrogen and oxygen atoms in total. The highest BCUT2D eigenvalue weighted by atomic mass is 35.5. The van der Waals surface area contributed by atoms with Gasteiger partial charge in [-0.05, 0) is 35.7 Å². The highest BCUT2D eigenvalue weighted by Crippen LogP contribution is 2.28. The van der Waals surface area contributed by atoms with Gasteiger partial charge in [0.15, 0.2) is 0 Å². The van der Waals surface area contributed by atoms with Gasteiger partial charge in [0, 0.05) is 5.02 Å². The smallest absolute Gasteiger partial charge is 0.0591 e. The van der Waals surface area contributed by atoms with Crippen LogP contribution in [0.2, 0.25) is 5.02 Å². The molecule has 0 aromatic heterocycles. The van der Waals surface area contributed by atoms with Crippen LogP contribution in [0.4, 0.5) is 0 Å². The third kappa shape index (κ3) is 3.62. The molecule has 1 unspecified atom stereocenters. The molecule has 1 N–H and O–H groups in total. The van der Waals surface area contributed by atoms with Gasteiger partial charge in [-0.3, -0.25) is 0 Å². The molecule has 0 bridgehead atoms. The van der Waals surface area contributed by atoms with Crippen molar-refractivity contribution in [2.75, 3.05) is 6.54 Å². The van der Waals surface area contributed by atoms with E-state index in [0.717, 1.165) is 23.6 Å². The number of halogens is 1. The zero-order valence-electron chi connectivity index (χ0n) is 12.2. The topological polar surface area (TPSA) is 12.0 Å². The van der Waals surface area contributed by atoms with Gasteiger partial charge in [0.1, 0.15) is 0 Å². The second-order valence-corrected chi connectivity index (χ2v) is 5.41. The second kappa shape index (κ2) is 7.47. The molecule has 0 saturated heterocycles. The minimum atomic E-state index is 0.157. The summed E-state index contributed by atoms with van der Waals surface area (Å²) in [6.45, 7) is 5.24. The Morgan fingerprint density at radius 3 is 2.30 bits per heavy atom. The van der Waals surface area contributed by atoms with Crippen molar-refractivity contribution in [3.05, 3.63) is 70.2 Å². The van der Waals surface area contributed by atoms with Gasteiger partial charge in [-0.1, -0.05) is 74.3 Å². The summed E-state index contributed by atoms with van der Waals surface area (Å²) < 4.78 is 0. The van der Waals surface area contributed by atoms with Crippen LogP contribution in [0.25, 0.3) is 0 Å².